The number of nitrogens with two attached hydrogens (primary N) is 1. The Hall–Kier alpha value is -0.120. The smallest absolute Gasteiger partial charge is 0.0700 e. The number of hydrogen-bond donors (Lipinski definition) is 2. The van der Waals surface area contributed by atoms with E-state index in [4.69, 9.17) is 10.5 Å². The van der Waals surface area contributed by atoms with Gasteiger partial charge in [0.05, 0.1) is 6.10 Å². The van der Waals surface area contributed by atoms with E-state index in [0.29, 0.717) is 18.7 Å². The third kappa shape index (κ3) is 3.18. The zero-order valence-corrected chi connectivity index (χ0v) is 7.18. The first-order chi connectivity index (χ1) is 5.33. The van der Waals surface area contributed by atoms with Gasteiger partial charge in [-0.1, -0.05) is 0 Å². The van der Waals surface area contributed by atoms with Gasteiger partial charge in [-0.3, -0.25) is 0 Å². The molecule has 0 amide bonds. The van der Waals surface area contributed by atoms with Gasteiger partial charge in [0.15, 0.2) is 0 Å². The van der Waals surface area contributed by atoms with E-state index >= 15 is 0 Å². The van der Waals surface area contributed by atoms with E-state index in [1.165, 1.54) is 12.8 Å². The zero-order chi connectivity index (χ0) is 8.10. The normalized spacial score (nSPS) is 27.3. The third-order valence-corrected chi connectivity index (χ3v) is 2.07. The van der Waals surface area contributed by atoms with Crippen LogP contribution in [0.4, 0.5) is 0 Å². The Morgan fingerprint density at radius 3 is 3.09 bits per heavy atom. The van der Waals surface area contributed by atoms with Crippen LogP contribution in [0.5, 0.6) is 0 Å². The fourth-order valence-electron chi connectivity index (χ4n) is 1.22. The molecule has 1 unspecified atom stereocenters. The highest BCUT2D eigenvalue weighted by Crippen LogP contribution is 2.10. The average Bonchev–Trinajstić information content (AvgIpc) is 2.52. The Morgan fingerprint density at radius 2 is 2.55 bits per heavy atom. The molecule has 3 nitrogen and oxygen atoms in total. The Balaban J connectivity index is 2.01. The fourth-order valence-corrected chi connectivity index (χ4v) is 1.22. The van der Waals surface area contributed by atoms with E-state index in [-0.39, 0.29) is 0 Å². The first kappa shape index (κ1) is 8.97. The van der Waals surface area contributed by atoms with Gasteiger partial charge in [0.1, 0.15) is 0 Å². The summed E-state index contributed by atoms with van der Waals surface area (Å²) < 4.78 is 5.44. The first-order valence-corrected chi connectivity index (χ1v) is 4.38. The molecule has 66 valence electrons. The Morgan fingerprint density at radius 1 is 1.73 bits per heavy atom. The van der Waals surface area contributed by atoms with Crippen LogP contribution in [0.3, 0.4) is 0 Å². The maximum Gasteiger partial charge on any atom is 0.0700 e. The number of hydrogen-bond acceptors (Lipinski definition) is 3. The van der Waals surface area contributed by atoms with Crippen LogP contribution in [0.2, 0.25) is 0 Å². The average molecular weight is 158 g/mol. The maximum atomic E-state index is 5.45. The van der Waals surface area contributed by atoms with Gasteiger partial charge >= 0.3 is 0 Å². The monoisotopic (exact) mass is 158 g/mol. The molecule has 0 aromatic rings. The highest BCUT2D eigenvalue weighted by atomic mass is 16.5. The van der Waals surface area contributed by atoms with Crippen LogP contribution in [0, 0.1) is 0 Å². The molecule has 0 bridgehead atoms. The molecule has 1 fully saturated rings. The SMILES string of the molecule is C[C@@H](CN)NCC1CCCO1. The Kier molecular flexibility index (Phi) is 3.83. The summed E-state index contributed by atoms with van der Waals surface area (Å²) in [6, 6.07) is 0.416. The van der Waals surface area contributed by atoms with Crippen molar-refractivity contribution in [1.82, 2.24) is 5.32 Å². The molecule has 0 aliphatic carbocycles. The van der Waals surface area contributed by atoms with Gasteiger partial charge in [-0.25, -0.2) is 0 Å². The molecular weight excluding hydrogens is 140 g/mol. The van der Waals surface area contributed by atoms with E-state index in [0.717, 1.165) is 13.2 Å². The Bertz CT molecular complexity index is 102. The number of rotatable bonds is 4. The molecule has 0 spiro atoms. The van der Waals surface area contributed by atoms with Crippen LogP contribution < -0.4 is 11.1 Å². The second-order valence-corrected chi connectivity index (χ2v) is 3.18. The molecule has 11 heavy (non-hydrogen) atoms. The molecule has 0 radical (unpaired) electrons. The van der Waals surface area contributed by atoms with E-state index in [1.807, 2.05) is 0 Å². The van der Waals surface area contributed by atoms with Gasteiger partial charge in [0.2, 0.25) is 0 Å². The van der Waals surface area contributed by atoms with Crippen molar-refractivity contribution in [2.24, 2.45) is 5.73 Å². The van der Waals surface area contributed by atoms with Crippen molar-refractivity contribution in [3.63, 3.8) is 0 Å². The summed E-state index contributed by atoms with van der Waals surface area (Å²) in [5, 5.41) is 3.32. The van der Waals surface area contributed by atoms with Gasteiger partial charge in [-0.2, -0.15) is 0 Å². The van der Waals surface area contributed by atoms with Crippen LogP contribution in [-0.2, 0) is 4.74 Å². The van der Waals surface area contributed by atoms with Crippen LogP contribution in [-0.4, -0.2) is 31.8 Å². The van der Waals surface area contributed by atoms with Crippen molar-refractivity contribution in [3.05, 3.63) is 0 Å². The van der Waals surface area contributed by atoms with E-state index in [2.05, 4.69) is 12.2 Å². The summed E-state index contributed by atoms with van der Waals surface area (Å²) in [5.41, 5.74) is 5.45. The van der Waals surface area contributed by atoms with E-state index in [9.17, 15) is 0 Å². The summed E-state index contributed by atoms with van der Waals surface area (Å²) in [6.07, 6.45) is 2.84. The largest absolute Gasteiger partial charge is 0.377 e. The van der Waals surface area contributed by atoms with Gasteiger partial charge in [-0.15, -0.1) is 0 Å². The maximum absolute atomic E-state index is 5.45. The van der Waals surface area contributed by atoms with Crippen LogP contribution in [0.25, 0.3) is 0 Å². The summed E-state index contributed by atoms with van der Waals surface area (Å²) in [6.45, 7) is 4.68. The summed E-state index contributed by atoms with van der Waals surface area (Å²) in [5.74, 6) is 0. The minimum absolute atomic E-state index is 0.416. The highest BCUT2D eigenvalue weighted by Gasteiger charge is 2.15. The van der Waals surface area contributed by atoms with Gasteiger partial charge in [0.25, 0.3) is 0 Å². The molecule has 0 aromatic carbocycles. The highest BCUT2D eigenvalue weighted by molar-refractivity contribution is 4.70. The lowest BCUT2D eigenvalue weighted by Crippen LogP contribution is -2.38. The molecule has 0 aromatic heterocycles. The summed E-state index contributed by atoms with van der Waals surface area (Å²) in [7, 11) is 0. The minimum Gasteiger partial charge on any atom is -0.377 e. The zero-order valence-electron chi connectivity index (χ0n) is 7.18. The molecule has 1 saturated heterocycles. The Labute approximate surface area is 68.3 Å². The summed E-state index contributed by atoms with van der Waals surface area (Å²) in [4.78, 5) is 0. The lowest BCUT2D eigenvalue weighted by atomic mass is 10.2. The lowest BCUT2D eigenvalue weighted by molar-refractivity contribution is 0.108. The molecule has 3 N–H and O–H groups in total. The van der Waals surface area contributed by atoms with E-state index < -0.39 is 0 Å². The van der Waals surface area contributed by atoms with Crippen molar-refractivity contribution in [3.8, 4) is 0 Å². The molecule has 1 rings (SSSR count). The van der Waals surface area contributed by atoms with Gasteiger partial charge in [0, 0.05) is 25.7 Å². The lowest BCUT2D eigenvalue weighted by Gasteiger charge is -2.14. The van der Waals surface area contributed by atoms with Crippen LogP contribution >= 0.6 is 0 Å². The minimum atomic E-state index is 0.416. The number of ether oxygens (including phenoxy) is 1. The number of nitrogens with one attached hydrogen (secondary N) is 1. The molecule has 0 saturated carbocycles. The molecule has 3 heteroatoms. The predicted molar refractivity (Wildman–Crippen MR) is 45.5 cm³/mol. The van der Waals surface area contributed by atoms with Crippen LogP contribution in [0.15, 0.2) is 0 Å². The van der Waals surface area contributed by atoms with Crippen molar-refractivity contribution < 1.29 is 4.74 Å². The predicted octanol–water partition coefficient (Wildman–Crippen LogP) is 0.102. The molecule has 1 aliphatic rings. The van der Waals surface area contributed by atoms with Crippen molar-refractivity contribution >= 4 is 0 Å². The molecule has 1 aliphatic heterocycles. The quantitative estimate of drug-likeness (QED) is 0.610. The van der Waals surface area contributed by atoms with Gasteiger partial charge in [-0.05, 0) is 19.8 Å². The van der Waals surface area contributed by atoms with E-state index in [1.54, 1.807) is 0 Å². The summed E-state index contributed by atoms with van der Waals surface area (Å²) >= 11 is 0. The second-order valence-electron chi connectivity index (χ2n) is 3.18. The third-order valence-electron chi connectivity index (χ3n) is 2.07. The standard InChI is InChI=1S/C8H18N2O/c1-7(5-9)10-6-8-3-2-4-11-8/h7-8,10H,2-6,9H2,1H3/t7-,8?/m0/s1. The topological polar surface area (TPSA) is 47.3 Å². The van der Waals surface area contributed by atoms with Crippen molar-refractivity contribution in [2.45, 2.75) is 31.9 Å². The van der Waals surface area contributed by atoms with Gasteiger partial charge < -0.3 is 15.8 Å². The van der Waals surface area contributed by atoms with Crippen molar-refractivity contribution in [2.75, 3.05) is 19.7 Å². The molecular formula is C8H18N2O. The second kappa shape index (κ2) is 4.70. The molecule has 2 atom stereocenters. The van der Waals surface area contributed by atoms with Crippen LogP contribution in [0.1, 0.15) is 19.8 Å². The first-order valence-electron chi connectivity index (χ1n) is 4.38. The van der Waals surface area contributed by atoms with Crippen molar-refractivity contribution in [1.29, 1.82) is 0 Å². The fraction of sp³-hybridized carbons (Fsp3) is 1.00. The molecule has 1 heterocycles.